The quantitative estimate of drug-likeness (QED) is 0.631. The number of hydrogen-bond donors (Lipinski definition) is 1. The molecule has 0 aromatic rings. The van der Waals surface area contributed by atoms with Crippen LogP contribution in [0.2, 0.25) is 0 Å². The van der Waals surface area contributed by atoms with E-state index in [0.29, 0.717) is 18.7 Å². The number of hydrogen-bond acceptors (Lipinski definition) is 2. The van der Waals surface area contributed by atoms with E-state index in [1.54, 1.807) is 0 Å². The molecule has 0 heterocycles. The second kappa shape index (κ2) is 5.42. The smallest absolute Gasteiger partial charge is 0.136 e. The minimum Gasteiger partial charge on any atom is -0.330 e. The lowest BCUT2D eigenvalue weighted by atomic mass is 10.0. The van der Waals surface area contributed by atoms with Gasteiger partial charge in [-0.15, -0.1) is 0 Å². The SMILES string of the molecule is CCCCC(=O)C(C)CN. The summed E-state index contributed by atoms with van der Waals surface area (Å²) in [7, 11) is 0. The van der Waals surface area contributed by atoms with E-state index >= 15 is 0 Å². The average Bonchev–Trinajstić information content (AvgIpc) is 1.98. The zero-order valence-electron chi connectivity index (χ0n) is 6.89. The van der Waals surface area contributed by atoms with E-state index < -0.39 is 0 Å². The molecule has 0 fully saturated rings. The van der Waals surface area contributed by atoms with Crippen molar-refractivity contribution < 1.29 is 4.79 Å². The molecule has 0 aromatic heterocycles. The zero-order valence-corrected chi connectivity index (χ0v) is 6.89. The first kappa shape index (κ1) is 9.63. The molecule has 0 aliphatic carbocycles. The Kier molecular flexibility index (Phi) is 5.22. The molecule has 0 bridgehead atoms. The van der Waals surface area contributed by atoms with E-state index in [9.17, 15) is 4.79 Å². The van der Waals surface area contributed by atoms with Gasteiger partial charge in [0.05, 0.1) is 0 Å². The third-order valence-electron chi connectivity index (χ3n) is 1.68. The maximum atomic E-state index is 11.1. The summed E-state index contributed by atoms with van der Waals surface area (Å²) in [6.07, 6.45) is 2.79. The standard InChI is InChI=1S/C8H17NO/c1-3-4-5-8(10)7(2)6-9/h7H,3-6,9H2,1-2H3. The topological polar surface area (TPSA) is 43.1 Å². The Morgan fingerprint density at radius 1 is 1.60 bits per heavy atom. The van der Waals surface area contributed by atoms with Gasteiger partial charge in [0.15, 0.2) is 0 Å². The van der Waals surface area contributed by atoms with Crippen LogP contribution in [-0.4, -0.2) is 12.3 Å². The molecule has 0 amide bonds. The maximum absolute atomic E-state index is 11.1. The monoisotopic (exact) mass is 143 g/mol. The van der Waals surface area contributed by atoms with Crippen molar-refractivity contribution in [3.05, 3.63) is 0 Å². The molecule has 0 spiro atoms. The van der Waals surface area contributed by atoms with Crippen LogP contribution in [0.15, 0.2) is 0 Å². The van der Waals surface area contributed by atoms with Crippen LogP contribution >= 0.6 is 0 Å². The first-order chi connectivity index (χ1) is 4.72. The van der Waals surface area contributed by atoms with Crippen molar-refractivity contribution in [1.29, 1.82) is 0 Å². The minimum atomic E-state index is 0.0616. The van der Waals surface area contributed by atoms with Gasteiger partial charge in [-0.3, -0.25) is 4.79 Å². The molecular formula is C8H17NO. The van der Waals surface area contributed by atoms with Gasteiger partial charge in [0.25, 0.3) is 0 Å². The molecule has 0 aromatic carbocycles. The minimum absolute atomic E-state index is 0.0616. The van der Waals surface area contributed by atoms with E-state index in [1.165, 1.54) is 0 Å². The number of ketones is 1. The summed E-state index contributed by atoms with van der Waals surface area (Å²) in [4.78, 5) is 11.1. The summed E-state index contributed by atoms with van der Waals surface area (Å²) in [5.74, 6) is 0.371. The highest BCUT2D eigenvalue weighted by atomic mass is 16.1. The molecular weight excluding hydrogens is 126 g/mol. The van der Waals surface area contributed by atoms with Gasteiger partial charge in [-0.25, -0.2) is 0 Å². The predicted octanol–water partition coefficient (Wildman–Crippen LogP) is 1.34. The summed E-state index contributed by atoms with van der Waals surface area (Å²) >= 11 is 0. The first-order valence-corrected chi connectivity index (χ1v) is 3.95. The average molecular weight is 143 g/mol. The van der Waals surface area contributed by atoms with Crippen molar-refractivity contribution in [3.63, 3.8) is 0 Å². The van der Waals surface area contributed by atoms with Gasteiger partial charge in [0, 0.05) is 18.9 Å². The maximum Gasteiger partial charge on any atom is 0.136 e. The third-order valence-corrected chi connectivity index (χ3v) is 1.68. The number of nitrogens with two attached hydrogens (primary N) is 1. The number of unbranched alkanes of at least 4 members (excludes halogenated alkanes) is 1. The van der Waals surface area contributed by atoms with Crippen LogP contribution in [0.3, 0.4) is 0 Å². The highest BCUT2D eigenvalue weighted by Crippen LogP contribution is 2.02. The van der Waals surface area contributed by atoms with Crippen molar-refractivity contribution in [2.75, 3.05) is 6.54 Å². The van der Waals surface area contributed by atoms with Crippen molar-refractivity contribution in [2.45, 2.75) is 33.1 Å². The van der Waals surface area contributed by atoms with Crippen molar-refractivity contribution >= 4 is 5.78 Å². The lowest BCUT2D eigenvalue weighted by Gasteiger charge is -2.04. The van der Waals surface area contributed by atoms with Crippen molar-refractivity contribution in [2.24, 2.45) is 11.7 Å². The zero-order chi connectivity index (χ0) is 7.98. The van der Waals surface area contributed by atoms with Gasteiger partial charge in [-0.2, -0.15) is 0 Å². The summed E-state index contributed by atoms with van der Waals surface area (Å²) < 4.78 is 0. The molecule has 10 heavy (non-hydrogen) atoms. The lowest BCUT2D eigenvalue weighted by Crippen LogP contribution is -2.20. The second-order valence-electron chi connectivity index (χ2n) is 2.71. The summed E-state index contributed by atoms with van der Waals surface area (Å²) in [5.41, 5.74) is 5.32. The van der Waals surface area contributed by atoms with Gasteiger partial charge < -0.3 is 5.73 Å². The molecule has 0 saturated carbocycles. The molecule has 2 N–H and O–H groups in total. The van der Waals surface area contributed by atoms with Gasteiger partial charge in [-0.1, -0.05) is 20.3 Å². The number of Topliss-reactive ketones (excluding diaryl/α,β-unsaturated/α-hetero) is 1. The Bertz CT molecular complexity index is 101. The number of rotatable bonds is 5. The van der Waals surface area contributed by atoms with E-state index in [0.717, 1.165) is 12.8 Å². The van der Waals surface area contributed by atoms with Gasteiger partial charge >= 0.3 is 0 Å². The fourth-order valence-electron chi connectivity index (χ4n) is 0.729. The fourth-order valence-corrected chi connectivity index (χ4v) is 0.729. The molecule has 60 valence electrons. The Morgan fingerprint density at radius 2 is 2.20 bits per heavy atom. The molecule has 0 rings (SSSR count). The summed E-state index contributed by atoms with van der Waals surface area (Å²) in [6, 6.07) is 0. The molecule has 2 nitrogen and oxygen atoms in total. The number of carbonyl (C=O) groups excluding carboxylic acids is 1. The highest BCUT2D eigenvalue weighted by molar-refractivity contribution is 5.80. The summed E-state index contributed by atoms with van der Waals surface area (Å²) in [6.45, 7) is 4.46. The van der Waals surface area contributed by atoms with Crippen LogP contribution in [-0.2, 0) is 4.79 Å². The van der Waals surface area contributed by atoms with Gasteiger partial charge in [0.2, 0.25) is 0 Å². The van der Waals surface area contributed by atoms with Crippen LogP contribution in [0.25, 0.3) is 0 Å². The molecule has 0 aliphatic heterocycles. The largest absolute Gasteiger partial charge is 0.330 e. The fraction of sp³-hybridized carbons (Fsp3) is 0.875. The van der Waals surface area contributed by atoms with Crippen LogP contribution in [0.1, 0.15) is 33.1 Å². The normalized spacial score (nSPS) is 13.1. The van der Waals surface area contributed by atoms with Crippen LogP contribution in [0, 0.1) is 5.92 Å². The Balaban J connectivity index is 3.42. The lowest BCUT2D eigenvalue weighted by molar-refractivity contribution is -0.122. The molecule has 0 aliphatic rings. The van der Waals surface area contributed by atoms with E-state index in [1.807, 2.05) is 6.92 Å². The molecule has 1 unspecified atom stereocenters. The molecule has 0 saturated heterocycles. The highest BCUT2D eigenvalue weighted by Gasteiger charge is 2.08. The summed E-state index contributed by atoms with van der Waals surface area (Å²) in [5, 5.41) is 0. The van der Waals surface area contributed by atoms with Crippen molar-refractivity contribution in [1.82, 2.24) is 0 Å². The van der Waals surface area contributed by atoms with E-state index in [4.69, 9.17) is 5.73 Å². The second-order valence-corrected chi connectivity index (χ2v) is 2.71. The van der Waals surface area contributed by atoms with Crippen LogP contribution in [0.5, 0.6) is 0 Å². The van der Waals surface area contributed by atoms with Crippen LogP contribution in [0.4, 0.5) is 0 Å². The van der Waals surface area contributed by atoms with E-state index in [2.05, 4.69) is 6.92 Å². The molecule has 2 heteroatoms. The van der Waals surface area contributed by atoms with Gasteiger partial charge in [-0.05, 0) is 6.42 Å². The Labute approximate surface area is 62.8 Å². The molecule has 1 atom stereocenters. The van der Waals surface area contributed by atoms with Crippen molar-refractivity contribution in [3.8, 4) is 0 Å². The Morgan fingerprint density at radius 3 is 2.60 bits per heavy atom. The van der Waals surface area contributed by atoms with Crippen LogP contribution < -0.4 is 5.73 Å². The van der Waals surface area contributed by atoms with Gasteiger partial charge in [0.1, 0.15) is 5.78 Å². The Hall–Kier alpha value is -0.370. The first-order valence-electron chi connectivity index (χ1n) is 3.95. The third kappa shape index (κ3) is 3.62. The number of carbonyl (C=O) groups is 1. The van der Waals surface area contributed by atoms with E-state index in [-0.39, 0.29) is 5.92 Å². The predicted molar refractivity (Wildman–Crippen MR) is 42.8 cm³/mol. The molecule has 0 radical (unpaired) electrons.